The van der Waals surface area contributed by atoms with Gasteiger partial charge >= 0.3 is 0 Å². The fourth-order valence-electron chi connectivity index (χ4n) is 1.51. The van der Waals surface area contributed by atoms with E-state index in [0.717, 1.165) is 24.1 Å². The van der Waals surface area contributed by atoms with E-state index < -0.39 is 0 Å². The van der Waals surface area contributed by atoms with Crippen molar-refractivity contribution in [3.63, 3.8) is 0 Å². The molecule has 1 saturated carbocycles. The van der Waals surface area contributed by atoms with Gasteiger partial charge in [-0.15, -0.1) is 0 Å². The summed E-state index contributed by atoms with van der Waals surface area (Å²) in [5.41, 5.74) is 1.09. The van der Waals surface area contributed by atoms with Gasteiger partial charge in [0.1, 0.15) is 5.75 Å². The molecule has 2 unspecified atom stereocenters. The van der Waals surface area contributed by atoms with Gasteiger partial charge in [0.2, 0.25) is 0 Å². The third kappa shape index (κ3) is 2.14. The molecule has 1 aliphatic rings. The molecule has 2 atom stereocenters. The molecule has 0 saturated heterocycles. The summed E-state index contributed by atoms with van der Waals surface area (Å²) >= 11 is 0. The van der Waals surface area contributed by atoms with E-state index in [4.69, 9.17) is 5.11 Å². The van der Waals surface area contributed by atoms with Crippen molar-refractivity contribution in [1.29, 1.82) is 0 Å². The third-order valence-corrected chi connectivity index (χ3v) is 2.71. The molecule has 13 heavy (non-hydrogen) atoms. The highest BCUT2D eigenvalue weighted by molar-refractivity contribution is 5.46. The first kappa shape index (κ1) is 8.42. The Hall–Kier alpha value is -1.18. The summed E-state index contributed by atoms with van der Waals surface area (Å²) in [6.07, 6.45) is 1.35. The Balaban J connectivity index is 1.84. The smallest absolute Gasteiger partial charge is 0.115 e. The van der Waals surface area contributed by atoms with E-state index >= 15 is 0 Å². The van der Waals surface area contributed by atoms with Crippen molar-refractivity contribution in [1.82, 2.24) is 0 Å². The highest BCUT2D eigenvalue weighted by atomic mass is 16.3. The van der Waals surface area contributed by atoms with Gasteiger partial charge in [-0.3, -0.25) is 0 Å². The Morgan fingerprint density at radius 3 is 2.54 bits per heavy atom. The molecule has 2 N–H and O–H groups in total. The van der Waals surface area contributed by atoms with Crippen LogP contribution in [0.4, 0.5) is 5.69 Å². The molecule has 1 aromatic rings. The van der Waals surface area contributed by atoms with Crippen molar-refractivity contribution in [2.75, 3.05) is 11.9 Å². The minimum atomic E-state index is 0.324. The first-order valence-corrected chi connectivity index (χ1v) is 4.78. The average molecular weight is 177 g/mol. The maximum Gasteiger partial charge on any atom is 0.115 e. The van der Waals surface area contributed by atoms with Gasteiger partial charge in [-0.25, -0.2) is 0 Å². The number of anilines is 1. The van der Waals surface area contributed by atoms with E-state index in [9.17, 15) is 0 Å². The Labute approximate surface area is 78.6 Å². The van der Waals surface area contributed by atoms with Crippen LogP contribution in [0, 0.1) is 11.8 Å². The molecule has 1 fully saturated rings. The summed E-state index contributed by atoms with van der Waals surface area (Å²) in [6, 6.07) is 7.22. The number of phenols is 1. The summed E-state index contributed by atoms with van der Waals surface area (Å²) in [7, 11) is 0. The first-order valence-electron chi connectivity index (χ1n) is 4.78. The number of aromatic hydroxyl groups is 1. The number of phenolic OH excluding ortho intramolecular Hbond substituents is 1. The van der Waals surface area contributed by atoms with Crippen LogP contribution < -0.4 is 5.32 Å². The van der Waals surface area contributed by atoms with E-state index in [1.807, 2.05) is 12.1 Å². The van der Waals surface area contributed by atoms with Crippen LogP contribution in [0.5, 0.6) is 5.75 Å². The normalized spacial score (nSPS) is 25.6. The molecular formula is C11H15NO. The van der Waals surface area contributed by atoms with Gasteiger partial charge < -0.3 is 10.4 Å². The van der Waals surface area contributed by atoms with Crippen LogP contribution in [-0.2, 0) is 0 Å². The lowest BCUT2D eigenvalue weighted by atomic mass is 10.3. The summed E-state index contributed by atoms with van der Waals surface area (Å²) in [6.45, 7) is 3.34. The van der Waals surface area contributed by atoms with E-state index in [-0.39, 0.29) is 0 Å². The average Bonchev–Trinajstić information content (AvgIpc) is 2.81. The summed E-state index contributed by atoms with van der Waals surface area (Å²) < 4.78 is 0. The van der Waals surface area contributed by atoms with Gasteiger partial charge in [0.05, 0.1) is 0 Å². The minimum Gasteiger partial charge on any atom is -0.508 e. The lowest BCUT2D eigenvalue weighted by molar-refractivity contribution is 0.475. The van der Waals surface area contributed by atoms with Crippen molar-refractivity contribution < 1.29 is 5.11 Å². The molecular weight excluding hydrogens is 162 g/mol. The zero-order valence-corrected chi connectivity index (χ0v) is 7.83. The molecule has 0 heterocycles. The molecule has 0 radical (unpaired) electrons. The molecule has 0 amide bonds. The fraction of sp³-hybridized carbons (Fsp3) is 0.455. The molecule has 1 aromatic carbocycles. The zero-order chi connectivity index (χ0) is 9.26. The summed E-state index contributed by atoms with van der Waals surface area (Å²) in [5.74, 6) is 2.07. The van der Waals surface area contributed by atoms with Crippen molar-refractivity contribution >= 4 is 5.69 Å². The van der Waals surface area contributed by atoms with E-state index in [0.29, 0.717) is 5.75 Å². The van der Waals surface area contributed by atoms with Crippen LogP contribution in [0.3, 0.4) is 0 Å². The molecule has 0 aromatic heterocycles. The van der Waals surface area contributed by atoms with Crippen molar-refractivity contribution in [2.24, 2.45) is 11.8 Å². The third-order valence-electron chi connectivity index (χ3n) is 2.71. The van der Waals surface area contributed by atoms with Gasteiger partial charge in [0.25, 0.3) is 0 Å². The van der Waals surface area contributed by atoms with Crippen LogP contribution >= 0.6 is 0 Å². The standard InChI is InChI=1S/C11H15NO/c1-8-6-9(8)7-12-10-2-4-11(13)5-3-10/h2-5,8-9,12-13H,6-7H2,1H3. The number of rotatable bonds is 3. The van der Waals surface area contributed by atoms with Gasteiger partial charge in [0.15, 0.2) is 0 Å². The Bertz CT molecular complexity index is 281. The predicted octanol–water partition coefficient (Wildman–Crippen LogP) is 2.46. The van der Waals surface area contributed by atoms with Crippen LogP contribution in [0.2, 0.25) is 0 Å². The van der Waals surface area contributed by atoms with Crippen LogP contribution in [0.1, 0.15) is 13.3 Å². The van der Waals surface area contributed by atoms with Gasteiger partial charge in [-0.1, -0.05) is 6.92 Å². The van der Waals surface area contributed by atoms with Crippen molar-refractivity contribution in [2.45, 2.75) is 13.3 Å². The molecule has 0 aliphatic heterocycles. The number of nitrogens with one attached hydrogen (secondary N) is 1. The highest BCUT2D eigenvalue weighted by Gasteiger charge is 2.31. The van der Waals surface area contributed by atoms with Crippen LogP contribution in [0.15, 0.2) is 24.3 Å². The number of hydrogen-bond donors (Lipinski definition) is 2. The van der Waals surface area contributed by atoms with E-state index in [2.05, 4.69) is 12.2 Å². The topological polar surface area (TPSA) is 32.3 Å². The van der Waals surface area contributed by atoms with E-state index in [1.54, 1.807) is 12.1 Å². The second-order valence-corrected chi connectivity index (χ2v) is 3.90. The van der Waals surface area contributed by atoms with E-state index in [1.165, 1.54) is 6.42 Å². The van der Waals surface area contributed by atoms with Gasteiger partial charge in [-0.05, 0) is 42.5 Å². The number of benzene rings is 1. The fourth-order valence-corrected chi connectivity index (χ4v) is 1.51. The largest absolute Gasteiger partial charge is 0.508 e. The maximum atomic E-state index is 9.06. The van der Waals surface area contributed by atoms with Crippen molar-refractivity contribution in [3.05, 3.63) is 24.3 Å². The minimum absolute atomic E-state index is 0.324. The van der Waals surface area contributed by atoms with Gasteiger partial charge in [-0.2, -0.15) is 0 Å². The molecule has 0 bridgehead atoms. The summed E-state index contributed by atoms with van der Waals surface area (Å²) in [4.78, 5) is 0. The second kappa shape index (κ2) is 3.29. The van der Waals surface area contributed by atoms with Crippen molar-refractivity contribution in [3.8, 4) is 5.75 Å². The molecule has 2 heteroatoms. The highest BCUT2D eigenvalue weighted by Crippen LogP contribution is 2.37. The molecule has 2 rings (SSSR count). The molecule has 2 nitrogen and oxygen atoms in total. The second-order valence-electron chi connectivity index (χ2n) is 3.90. The number of hydrogen-bond acceptors (Lipinski definition) is 2. The van der Waals surface area contributed by atoms with Gasteiger partial charge in [0, 0.05) is 12.2 Å². The monoisotopic (exact) mass is 177 g/mol. The molecule has 0 spiro atoms. The molecule has 1 aliphatic carbocycles. The lowest BCUT2D eigenvalue weighted by Crippen LogP contribution is -2.03. The van der Waals surface area contributed by atoms with Crippen LogP contribution in [-0.4, -0.2) is 11.7 Å². The molecule has 70 valence electrons. The van der Waals surface area contributed by atoms with Crippen LogP contribution in [0.25, 0.3) is 0 Å². The Kier molecular flexibility index (Phi) is 2.13. The lowest BCUT2D eigenvalue weighted by Gasteiger charge is -2.04. The predicted molar refractivity (Wildman–Crippen MR) is 53.9 cm³/mol. The zero-order valence-electron chi connectivity index (χ0n) is 7.83. The summed E-state index contributed by atoms with van der Waals surface area (Å²) in [5, 5.41) is 12.4. The Morgan fingerprint density at radius 1 is 1.38 bits per heavy atom. The maximum absolute atomic E-state index is 9.06. The first-order chi connectivity index (χ1) is 6.25. The Morgan fingerprint density at radius 2 is 2.00 bits per heavy atom. The SMILES string of the molecule is CC1CC1CNc1ccc(O)cc1. The quantitative estimate of drug-likeness (QED) is 0.695.